The fourth-order valence-electron chi connectivity index (χ4n) is 3.47. The lowest BCUT2D eigenvalue weighted by Gasteiger charge is -2.34. The van der Waals surface area contributed by atoms with Crippen LogP contribution < -0.4 is 10.2 Å². The molecule has 8 nitrogen and oxygen atoms in total. The van der Waals surface area contributed by atoms with Gasteiger partial charge in [0.05, 0.1) is 15.6 Å². The summed E-state index contributed by atoms with van der Waals surface area (Å²) >= 11 is 6.47. The van der Waals surface area contributed by atoms with Crippen molar-refractivity contribution in [3.63, 3.8) is 0 Å². The molecule has 2 aromatic carbocycles. The number of piperazine rings is 1. The van der Waals surface area contributed by atoms with Crippen LogP contribution in [0.15, 0.2) is 59.0 Å². The number of non-ortho nitro benzene ring substituents is 1. The minimum atomic E-state index is -0.477. The molecule has 1 aliphatic rings. The third kappa shape index (κ3) is 4.70. The van der Waals surface area contributed by atoms with E-state index in [9.17, 15) is 14.9 Å². The van der Waals surface area contributed by atoms with Gasteiger partial charge < -0.3 is 19.5 Å². The van der Waals surface area contributed by atoms with Crippen molar-refractivity contribution in [2.24, 2.45) is 0 Å². The molecule has 1 N–H and O–H groups in total. The minimum Gasteiger partial charge on any atom is -0.451 e. The number of carbonyl (C=O) groups excluding carboxylic acids is 1. The van der Waals surface area contributed by atoms with Gasteiger partial charge in [-0.25, -0.2) is 0 Å². The molecule has 1 saturated heterocycles. The molecule has 0 spiro atoms. The van der Waals surface area contributed by atoms with Gasteiger partial charge >= 0.3 is 0 Å². The number of likely N-dealkylation sites (N-methyl/N-ethyl adjacent to an activating group) is 1. The molecule has 0 atom stereocenters. The van der Waals surface area contributed by atoms with Crippen LogP contribution in [-0.2, 0) is 0 Å². The van der Waals surface area contributed by atoms with Gasteiger partial charge in [-0.3, -0.25) is 14.9 Å². The van der Waals surface area contributed by atoms with Crippen LogP contribution in [0, 0.1) is 10.1 Å². The Morgan fingerprint density at radius 2 is 1.87 bits per heavy atom. The first kappa shape index (κ1) is 20.9. The van der Waals surface area contributed by atoms with Crippen LogP contribution in [0.3, 0.4) is 0 Å². The van der Waals surface area contributed by atoms with Crippen molar-refractivity contribution in [2.75, 3.05) is 43.4 Å². The number of rotatable bonds is 5. The third-order valence-corrected chi connectivity index (χ3v) is 5.52. The Labute approximate surface area is 184 Å². The van der Waals surface area contributed by atoms with E-state index in [0.29, 0.717) is 22.0 Å². The molecule has 0 radical (unpaired) electrons. The number of hydrogen-bond donors (Lipinski definition) is 1. The molecule has 0 unspecified atom stereocenters. The van der Waals surface area contributed by atoms with Crippen molar-refractivity contribution in [2.45, 2.75) is 0 Å². The molecule has 1 aliphatic heterocycles. The molecule has 160 valence electrons. The molecule has 2 heterocycles. The average molecular weight is 441 g/mol. The molecule has 0 bridgehead atoms. The Morgan fingerprint density at radius 3 is 2.58 bits per heavy atom. The average Bonchev–Trinajstić information content (AvgIpc) is 3.25. The summed E-state index contributed by atoms with van der Waals surface area (Å²) in [7, 11) is 2.09. The number of amides is 1. The smallest absolute Gasteiger partial charge is 0.291 e. The fraction of sp³-hybridized carbons (Fsp3) is 0.227. The molecule has 4 rings (SSSR count). The van der Waals surface area contributed by atoms with E-state index in [-0.39, 0.29) is 11.4 Å². The number of furan rings is 1. The van der Waals surface area contributed by atoms with Crippen LogP contribution >= 0.6 is 11.6 Å². The normalized spacial score (nSPS) is 14.5. The van der Waals surface area contributed by atoms with E-state index in [1.165, 1.54) is 18.2 Å². The number of nitro benzene ring substituents is 1. The van der Waals surface area contributed by atoms with Crippen LogP contribution in [0.4, 0.5) is 17.1 Å². The molecule has 1 amide bonds. The Kier molecular flexibility index (Phi) is 5.92. The summed E-state index contributed by atoms with van der Waals surface area (Å²) in [5, 5.41) is 14.3. The standard InChI is InChI=1S/C22H21ClN4O4/c1-25-9-11-26(12-10-25)19-6-5-16(14-18(19)23)24-22(28)21-8-7-20(31-21)15-3-2-4-17(13-15)27(29)30/h2-8,13-14H,9-12H2,1H3,(H,24,28). The highest BCUT2D eigenvalue weighted by Gasteiger charge is 2.18. The number of benzene rings is 2. The predicted molar refractivity (Wildman–Crippen MR) is 120 cm³/mol. The number of nitro groups is 1. The summed E-state index contributed by atoms with van der Waals surface area (Å²) in [6.45, 7) is 3.74. The van der Waals surface area contributed by atoms with Crippen LogP contribution in [0.2, 0.25) is 5.02 Å². The predicted octanol–water partition coefficient (Wildman–Crippen LogP) is 4.51. The summed E-state index contributed by atoms with van der Waals surface area (Å²) in [5.41, 5.74) is 1.97. The van der Waals surface area contributed by atoms with Crippen LogP contribution in [0.25, 0.3) is 11.3 Å². The number of hydrogen-bond acceptors (Lipinski definition) is 6. The number of nitrogens with one attached hydrogen (secondary N) is 1. The summed E-state index contributed by atoms with van der Waals surface area (Å²) in [6.07, 6.45) is 0. The molecule has 1 aromatic heterocycles. The number of halogens is 1. The van der Waals surface area contributed by atoms with Crippen LogP contribution in [0.1, 0.15) is 10.6 Å². The van der Waals surface area contributed by atoms with Gasteiger partial charge in [-0.05, 0) is 37.4 Å². The van der Waals surface area contributed by atoms with Gasteiger partial charge in [-0.2, -0.15) is 0 Å². The highest BCUT2D eigenvalue weighted by atomic mass is 35.5. The Hall–Kier alpha value is -3.36. The van der Waals surface area contributed by atoms with Crippen molar-refractivity contribution in [1.82, 2.24) is 4.90 Å². The van der Waals surface area contributed by atoms with Crippen LogP contribution in [0.5, 0.6) is 0 Å². The van der Waals surface area contributed by atoms with Gasteiger partial charge in [0.15, 0.2) is 5.76 Å². The lowest BCUT2D eigenvalue weighted by atomic mass is 10.1. The number of carbonyl (C=O) groups is 1. The van der Waals surface area contributed by atoms with Gasteiger partial charge in [-0.1, -0.05) is 23.7 Å². The maximum absolute atomic E-state index is 12.6. The molecular weight excluding hydrogens is 420 g/mol. The summed E-state index contributed by atoms with van der Waals surface area (Å²) < 4.78 is 5.62. The van der Waals surface area contributed by atoms with Gasteiger partial charge in [-0.15, -0.1) is 0 Å². The molecular formula is C22H21ClN4O4. The zero-order chi connectivity index (χ0) is 22.0. The molecule has 31 heavy (non-hydrogen) atoms. The third-order valence-electron chi connectivity index (χ3n) is 5.22. The summed E-state index contributed by atoms with van der Waals surface area (Å²) in [5.74, 6) is 0.0400. The second-order valence-electron chi connectivity index (χ2n) is 7.38. The Balaban J connectivity index is 1.46. The van der Waals surface area contributed by atoms with E-state index in [1.807, 2.05) is 12.1 Å². The van der Waals surface area contributed by atoms with Crippen molar-refractivity contribution in [3.8, 4) is 11.3 Å². The van der Waals surface area contributed by atoms with Crippen molar-refractivity contribution >= 4 is 34.6 Å². The first-order valence-corrected chi connectivity index (χ1v) is 10.2. The van der Waals surface area contributed by atoms with E-state index in [0.717, 1.165) is 31.9 Å². The van der Waals surface area contributed by atoms with Gasteiger partial charge in [0.25, 0.3) is 11.6 Å². The Morgan fingerprint density at radius 1 is 1.10 bits per heavy atom. The molecule has 0 aliphatic carbocycles. The van der Waals surface area contributed by atoms with E-state index in [1.54, 1.807) is 24.3 Å². The first-order valence-electron chi connectivity index (χ1n) is 9.80. The lowest BCUT2D eigenvalue weighted by Crippen LogP contribution is -2.44. The van der Waals surface area contributed by atoms with Gasteiger partial charge in [0.1, 0.15) is 5.76 Å². The number of nitrogens with zero attached hydrogens (tertiary/aromatic N) is 3. The van der Waals surface area contributed by atoms with Crippen LogP contribution in [-0.4, -0.2) is 49.0 Å². The van der Waals surface area contributed by atoms with Crippen molar-refractivity contribution in [1.29, 1.82) is 0 Å². The van der Waals surface area contributed by atoms with E-state index in [2.05, 4.69) is 22.2 Å². The zero-order valence-corrected chi connectivity index (χ0v) is 17.6. The Bertz CT molecular complexity index is 1120. The van der Waals surface area contributed by atoms with E-state index >= 15 is 0 Å². The van der Waals surface area contributed by atoms with Gasteiger partial charge in [0.2, 0.25) is 0 Å². The highest BCUT2D eigenvalue weighted by Crippen LogP contribution is 2.30. The van der Waals surface area contributed by atoms with Gasteiger partial charge in [0, 0.05) is 49.6 Å². The fourth-order valence-corrected chi connectivity index (χ4v) is 3.77. The quantitative estimate of drug-likeness (QED) is 0.463. The monoisotopic (exact) mass is 440 g/mol. The highest BCUT2D eigenvalue weighted by molar-refractivity contribution is 6.33. The molecule has 1 fully saturated rings. The summed E-state index contributed by atoms with van der Waals surface area (Å²) in [6, 6.07) is 14.6. The van der Waals surface area contributed by atoms with E-state index in [4.69, 9.17) is 16.0 Å². The van der Waals surface area contributed by atoms with E-state index < -0.39 is 10.8 Å². The lowest BCUT2D eigenvalue weighted by molar-refractivity contribution is -0.384. The SMILES string of the molecule is CN1CCN(c2ccc(NC(=O)c3ccc(-c4cccc([N+](=O)[O-])c4)o3)cc2Cl)CC1. The maximum atomic E-state index is 12.6. The van der Waals surface area contributed by atoms with Crippen molar-refractivity contribution in [3.05, 3.63) is 75.5 Å². The first-order chi connectivity index (χ1) is 14.9. The second-order valence-corrected chi connectivity index (χ2v) is 7.79. The largest absolute Gasteiger partial charge is 0.451 e. The summed E-state index contributed by atoms with van der Waals surface area (Å²) in [4.78, 5) is 27.6. The minimum absolute atomic E-state index is 0.0463. The number of anilines is 2. The molecule has 3 aromatic rings. The zero-order valence-electron chi connectivity index (χ0n) is 16.9. The second kappa shape index (κ2) is 8.79. The van der Waals surface area contributed by atoms with Crippen molar-refractivity contribution < 1.29 is 14.1 Å². The molecule has 9 heteroatoms. The topological polar surface area (TPSA) is 91.9 Å². The molecule has 0 saturated carbocycles. The maximum Gasteiger partial charge on any atom is 0.291 e.